The van der Waals surface area contributed by atoms with Gasteiger partial charge in [0.05, 0.1) is 12.7 Å². The highest BCUT2D eigenvalue weighted by molar-refractivity contribution is 5.95. The number of ether oxygens (including phenoxy) is 1. The molecule has 4 nitrogen and oxygen atoms in total. The highest BCUT2D eigenvalue weighted by Gasteiger charge is 2.24. The molecular weight excluding hydrogens is 252 g/mol. The maximum Gasteiger partial charge on any atom is 0.265 e. The van der Waals surface area contributed by atoms with Crippen LogP contribution in [0.3, 0.4) is 0 Å². The van der Waals surface area contributed by atoms with E-state index in [1.165, 1.54) is 6.42 Å². The van der Waals surface area contributed by atoms with E-state index in [9.17, 15) is 4.79 Å². The number of hydrogen-bond donors (Lipinski definition) is 2. The molecule has 20 heavy (non-hydrogen) atoms. The fraction of sp³-hybridized carbons (Fsp3) is 0.562. The number of benzene rings is 1. The highest BCUT2D eigenvalue weighted by atomic mass is 16.5. The van der Waals surface area contributed by atoms with E-state index >= 15 is 0 Å². The molecule has 1 aliphatic carbocycles. The molecular formula is C16H24N2O2. The molecule has 3 N–H and O–H groups in total. The molecule has 2 rings (SSSR count). The van der Waals surface area contributed by atoms with E-state index < -0.39 is 0 Å². The van der Waals surface area contributed by atoms with Crippen LogP contribution in [-0.4, -0.2) is 12.0 Å². The summed E-state index contributed by atoms with van der Waals surface area (Å²) in [4.78, 5) is 11.7. The van der Waals surface area contributed by atoms with E-state index in [-0.39, 0.29) is 5.91 Å². The first-order chi connectivity index (χ1) is 9.60. The molecule has 4 heteroatoms. The van der Waals surface area contributed by atoms with Gasteiger partial charge in [-0.1, -0.05) is 32.0 Å². The number of nitrogens with one attached hydrogen (secondary N) is 1. The summed E-state index contributed by atoms with van der Waals surface area (Å²) in [5.74, 6) is 6.37. The molecule has 0 aromatic heterocycles. The van der Waals surface area contributed by atoms with Crippen LogP contribution in [0.25, 0.3) is 0 Å². The molecule has 0 bridgehead atoms. The van der Waals surface area contributed by atoms with Crippen LogP contribution in [-0.2, 0) is 11.3 Å². The zero-order chi connectivity index (χ0) is 14.5. The van der Waals surface area contributed by atoms with Crippen molar-refractivity contribution in [3.63, 3.8) is 0 Å². The quantitative estimate of drug-likeness (QED) is 0.505. The Kier molecular flexibility index (Phi) is 5.15. The zero-order valence-corrected chi connectivity index (χ0v) is 12.3. The molecule has 1 amide bonds. The Morgan fingerprint density at radius 1 is 1.25 bits per heavy atom. The lowest BCUT2D eigenvalue weighted by Crippen LogP contribution is -2.31. The summed E-state index contributed by atoms with van der Waals surface area (Å²) in [5.41, 5.74) is 3.66. The van der Waals surface area contributed by atoms with Crippen LogP contribution in [0.2, 0.25) is 0 Å². The van der Waals surface area contributed by atoms with Crippen LogP contribution in [0.4, 0.5) is 0 Å². The van der Waals surface area contributed by atoms with E-state index in [0.29, 0.717) is 30.1 Å². The monoisotopic (exact) mass is 276 g/mol. The lowest BCUT2D eigenvalue weighted by atomic mass is 9.82. The van der Waals surface area contributed by atoms with Crippen molar-refractivity contribution in [2.75, 3.05) is 0 Å². The number of carbonyl (C=O) groups excluding carboxylic acids is 1. The minimum absolute atomic E-state index is 0.269. The SMILES string of the molecule is CC1CC(C)CC(OCc2ccccc2C(=O)NN)C1. The molecule has 0 spiro atoms. The smallest absolute Gasteiger partial charge is 0.265 e. The molecule has 1 aromatic rings. The van der Waals surface area contributed by atoms with Crippen LogP contribution >= 0.6 is 0 Å². The van der Waals surface area contributed by atoms with Gasteiger partial charge in [-0.15, -0.1) is 0 Å². The van der Waals surface area contributed by atoms with Gasteiger partial charge in [0, 0.05) is 5.56 Å². The van der Waals surface area contributed by atoms with Gasteiger partial charge in [-0.05, 0) is 42.7 Å². The minimum Gasteiger partial charge on any atom is -0.373 e. The largest absolute Gasteiger partial charge is 0.373 e. The van der Waals surface area contributed by atoms with Crippen molar-refractivity contribution in [1.29, 1.82) is 0 Å². The predicted octanol–water partition coefficient (Wildman–Crippen LogP) is 2.63. The fourth-order valence-electron chi connectivity index (χ4n) is 3.16. The normalized spacial score (nSPS) is 26.2. The third-order valence-corrected chi connectivity index (χ3v) is 4.00. The number of nitrogens with two attached hydrogens (primary N) is 1. The van der Waals surface area contributed by atoms with Crippen molar-refractivity contribution < 1.29 is 9.53 Å². The van der Waals surface area contributed by atoms with Gasteiger partial charge >= 0.3 is 0 Å². The van der Waals surface area contributed by atoms with Crippen molar-refractivity contribution in [2.45, 2.75) is 45.8 Å². The Hall–Kier alpha value is -1.39. The molecule has 0 aliphatic heterocycles. The summed E-state index contributed by atoms with van der Waals surface area (Å²) >= 11 is 0. The van der Waals surface area contributed by atoms with Crippen LogP contribution in [0.1, 0.15) is 49.0 Å². The molecule has 0 saturated heterocycles. The Morgan fingerprint density at radius 3 is 2.55 bits per heavy atom. The first-order valence-electron chi connectivity index (χ1n) is 7.30. The fourth-order valence-corrected chi connectivity index (χ4v) is 3.16. The maximum absolute atomic E-state index is 11.7. The number of carbonyl (C=O) groups is 1. The van der Waals surface area contributed by atoms with E-state index in [2.05, 4.69) is 19.3 Å². The van der Waals surface area contributed by atoms with Crippen LogP contribution in [0.5, 0.6) is 0 Å². The first-order valence-corrected chi connectivity index (χ1v) is 7.30. The van der Waals surface area contributed by atoms with Crippen molar-refractivity contribution in [3.8, 4) is 0 Å². The third-order valence-electron chi connectivity index (χ3n) is 4.00. The third kappa shape index (κ3) is 3.81. The molecule has 2 unspecified atom stereocenters. The van der Waals surface area contributed by atoms with Gasteiger partial charge in [0.1, 0.15) is 0 Å². The molecule has 2 atom stereocenters. The van der Waals surface area contributed by atoms with Crippen molar-refractivity contribution in [3.05, 3.63) is 35.4 Å². The Morgan fingerprint density at radius 2 is 1.90 bits per heavy atom. The molecule has 110 valence electrons. The first kappa shape index (κ1) is 15.0. The molecule has 1 saturated carbocycles. The van der Waals surface area contributed by atoms with Gasteiger partial charge in [0.2, 0.25) is 0 Å². The summed E-state index contributed by atoms with van der Waals surface area (Å²) in [6.45, 7) is 5.03. The number of amides is 1. The summed E-state index contributed by atoms with van der Waals surface area (Å²) < 4.78 is 6.02. The molecule has 0 heterocycles. The van der Waals surface area contributed by atoms with Crippen molar-refractivity contribution in [1.82, 2.24) is 5.43 Å². The van der Waals surface area contributed by atoms with E-state index in [1.54, 1.807) is 6.07 Å². The summed E-state index contributed by atoms with van der Waals surface area (Å²) in [5, 5.41) is 0. The lowest BCUT2D eigenvalue weighted by Gasteiger charge is -2.31. The average Bonchev–Trinajstić information content (AvgIpc) is 2.43. The van der Waals surface area contributed by atoms with Gasteiger partial charge < -0.3 is 4.74 Å². The molecule has 1 fully saturated rings. The Balaban J connectivity index is 1.98. The van der Waals surface area contributed by atoms with E-state index in [4.69, 9.17) is 10.6 Å². The van der Waals surface area contributed by atoms with Crippen molar-refractivity contribution >= 4 is 5.91 Å². The molecule has 1 aliphatic rings. The second-order valence-electron chi connectivity index (χ2n) is 5.98. The highest BCUT2D eigenvalue weighted by Crippen LogP contribution is 2.30. The van der Waals surface area contributed by atoms with Gasteiger partial charge in [-0.25, -0.2) is 5.84 Å². The maximum atomic E-state index is 11.7. The van der Waals surface area contributed by atoms with Crippen molar-refractivity contribution in [2.24, 2.45) is 17.7 Å². The number of nitrogen functional groups attached to an aromatic ring is 1. The summed E-state index contributed by atoms with van der Waals surface area (Å²) in [6, 6.07) is 7.43. The summed E-state index contributed by atoms with van der Waals surface area (Å²) in [6.07, 6.45) is 3.79. The standard InChI is InChI=1S/C16H24N2O2/c1-11-7-12(2)9-14(8-11)20-10-13-5-3-4-6-15(13)16(19)18-17/h3-6,11-12,14H,7-10,17H2,1-2H3,(H,18,19). The van der Waals surface area contributed by atoms with Crippen LogP contribution < -0.4 is 11.3 Å². The van der Waals surface area contributed by atoms with Crippen LogP contribution in [0.15, 0.2) is 24.3 Å². The lowest BCUT2D eigenvalue weighted by molar-refractivity contribution is -0.00939. The molecule has 0 radical (unpaired) electrons. The number of rotatable bonds is 4. The van der Waals surface area contributed by atoms with E-state index in [1.807, 2.05) is 18.2 Å². The van der Waals surface area contributed by atoms with Gasteiger partial charge in [-0.3, -0.25) is 10.2 Å². The number of hydrogen-bond acceptors (Lipinski definition) is 3. The topological polar surface area (TPSA) is 64.3 Å². The second-order valence-corrected chi connectivity index (χ2v) is 5.98. The minimum atomic E-state index is -0.269. The zero-order valence-electron chi connectivity index (χ0n) is 12.3. The summed E-state index contributed by atoms with van der Waals surface area (Å²) in [7, 11) is 0. The van der Waals surface area contributed by atoms with Gasteiger partial charge in [-0.2, -0.15) is 0 Å². The Bertz CT molecular complexity index is 452. The predicted molar refractivity (Wildman–Crippen MR) is 78.9 cm³/mol. The van der Waals surface area contributed by atoms with E-state index in [0.717, 1.165) is 18.4 Å². The van der Waals surface area contributed by atoms with Gasteiger partial charge in [0.15, 0.2) is 0 Å². The number of hydrazine groups is 1. The second kappa shape index (κ2) is 6.86. The molecule has 1 aromatic carbocycles. The van der Waals surface area contributed by atoms with Gasteiger partial charge in [0.25, 0.3) is 5.91 Å². The Labute approximate surface area is 120 Å². The van der Waals surface area contributed by atoms with Crippen LogP contribution in [0, 0.1) is 11.8 Å². The average molecular weight is 276 g/mol.